The molecule has 7 rings (SSSR count). The number of rotatable bonds is 7. The Morgan fingerprint density at radius 3 is 2.67 bits per heavy atom. The second-order valence-electron chi connectivity index (χ2n) is 10.9. The third-order valence-corrected chi connectivity index (χ3v) is 7.90. The number of anilines is 3. The maximum Gasteiger partial charge on any atom is 0.226 e. The van der Waals surface area contributed by atoms with Gasteiger partial charge >= 0.3 is 0 Å². The molecule has 0 amide bonds. The van der Waals surface area contributed by atoms with Gasteiger partial charge in [-0.25, -0.2) is 0 Å². The summed E-state index contributed by atoms with van der Waals surface area (Å²) in [7, 11) is 4.17. The normalized spacial score (nSPS) is 30.5. The number of hydrogen-bond acceptors (Lipinski definition) is 7. The van der Waals surface area contributed by atoms with Crippen molar-refractivity contribution in [2.45, 2.75) is 57.2 Å². The highest BCUT2D eigenvalue weighted by Gasteiger charge is 2.54. The van der Waals surface area contributed by atoms with Crippen molar-refractivity contribution in [2.75, 3.05) is 31.3 Å². The van der Waals surface area contributed by atoms with Crippen LogP contribution in [0.25, 0.3) is 11.0 Å². The molecule has 9 heteroatoms. The maximum absolute atomic E-state index is 11.0. The van der Waals surface area contributed by atoms with Gasteiger partial charge < -0.3 is 25.2 Å². The monoisotopic (exact) mass is 450 g/mol. The standard InChI is InChI=1S/C24H34N8O/c1-14-8-19(30-29-14)25-21-18-4-5-32(7-6-31(2)3)22(18)28-23(27-21)26-20-16-9-15-10-17(20)13-24(33,11-15)12-16/h4-5,8,15-17,20,33H,6-7,9-13H2,1-3H3,(H3,25,26,27,28,29,30). The molecule has 4 saturated carbocycles. The number of aryl methyl sites for hydroxylation is 1. The Kier molecular flexibility index (Phi) is 4.88. The van der Waals surface area contributed by atoms with Gasteiger partial charge in [0.2, 0.25) is 5.95 Å². The van der Waals surface area contributed by atoms with Gasteiger partial charge in [-0.1, -0.05) is 0 Å². The van der Waals surface area contributed by atoms with Gasteiger partial charge in [-0.3, -0.25) is 5.10 Å². The fourth-order valence-corrected chi connectivity index (χ4v) is 6.68. The van der Waals surface area contributed by atoms with E-state index in [0.29, 0.717) is 29.7 Å². The molecule has 9 nitrogen and oxygen atoms in total. The summed E-state index contributed by atoms with van der Waals surface area (Å²) in [6.45, 7) is 3.78. The van der Waals surface area contributed by atoms with Crippen molar-refractivity contribution in [2.24, 2.45) is 17.8 Å². The minimum atomic E-state index is -0.440. The number of hydrogen-bond donors (Lipinski definition) is 4. The lowest BCUT2D eigenvalue weighted by Crippen LogP contribution is -2.59. The van der Waals surface area contributed by atoms with Crippen molar-refractivity contribution < 1.29 is 5.11 Å². The van der Waals surface area contributed by atoms with Crippen LogP contribution >= 0.6 is 0 Å². The Labute approximate surface area is 194 Å². The van der Waals surface area contributed by atoms with E-state index < -0.39 is 5.60 Å². The summed E-state index contributed by atoms with van der Waals surface area (Å²) in [4.78, 5) is 12.1. The van der Waals surface area contributed by atoms with E-state index >= 15 is 0 Å². The summed E-state index contributed by atoms with van der Waals surface area (Å²) in [5, 5.41) is 26.4. The average Bonchev–Trinajstić information content (AvgIpc) is 3.34. The topological polar surface area (TPSA) is 107 Å². The zero-order valence-corrected chi connectivity index (χ0v) is 19.7. The van der Waals surface area contributed by atoms with Gasteiger partial charge in [0, 0.05) is 37.1 Å². The Morgan fingerprint density at radius 2 is 2.00 bits per heavy atom. The quantitative estimate of drug-likeness (QED) is 0.438. The molecule has 0 spiro atoms. The molecule has 4 bridgehead atoms. The number of nitrogens with one attached hydrogen (secondary N) is 3. The van der Waals surface area contributed by atoms with Crippen LogP contribution in [0, 0.1) is 24.7 Å². The maximum atomic E-state index is 11.0. The molecule has 0 aromatic carbocycles. The molecule has 4 N–H and O–H groups in total. The highest BCUT2D eigenvalue weighted by molar-refractivity contribution is 5.90. The van der Waals surface area contributed by atoms with Crippen molar-refractivity contribution in [1.29, 1.82) is 0 Å². The lowest BCUT2D eigenvalue weighted by molar-refractivity contribution is -0.129. The molecule has 2 atom stereocenters. The number of aromatic amines is 1. The first-order chi connectivity index (χ1) is 15.8. The van der Waals surface area contributed by atoms with Crippen LogP contribution in [0.5, 0.6) is 0 Å². The fraction of sp³-hybridized carbons (Fsp3) is 0.625. The van der Waals surface area contributed by atoms with Gasteiger partial charge in [0.1, 0.15) is 11.5 Å². The van der Waals surface area contributed by atoms with E-state index in [4.69, 9.17) is 9.97 Å². The molecule has 3 heterocycles. The lowest BCUT2D eigenvalue weighted by atomic mass is 9.52. The molecule has 33 heavy (non-hydrogen) atoms. The van der Waals surface area contributed by atoms with Crippen molar-refractivity contribution in [1.82, 2.24) is 29.6 Å². The second kappa shape index (κ2) is 7.70. The van der Waals surface area contributed by atoms with Crippen LogP contribution in [-0.2, 0) is 6.54 Å². The predicted molar refractivity (Wildman–Crippen MR) is 129 cm³/mol. The largest absolute Gasteiger partial charge is 0.390 e. The number of aliphatic hydroxyl groups is 1. The van der Waals surface area contributed by atoms with Crippen LogP contribution in [-0.4, -0.2) is 67.0 Å². The number of nitrogens with zero attached hydrogens (tertiary/aromatic N) is 5. The zero-order chi connectivity index (χ0) is 22.7. The minimum absolute atomic E-state index is 0.324. The SMILES string of the molecule is Cc1cc(Nc2nc(NC3C4CC5CC3CC(O)(C5)C4)nc3c2ccn3CCN(C)C)n[nH]1. The summed E-state index contributed by atoms with van der Waals surface area (Å²) >= 11 is 0. The molecule has 3 aromatic rings. The van der Waals surface area contributed by atoms with E-state index in [9.17, 15) is 5.11 Å². The zero-order valence-electron chi connectivity index (χ0n) is 19.7. The smallest absolute Gasteiger partial charge is 0.226 e. The molecule has 176 valence electrons. The molecule has 4 aliphatic rings. The first-order valence-electron chi connectivity index (χ1n) is 12.1. The number of H-pyrrole nitrogens is 1. The van der Waals surface area contributed by atoms with E-state index in [1.165, 1.54) is 12.8 Å². The Morgan fingerprint density at radius 1 is 1.21 bits per heavy atom. The summed E-state index contributed by atoms with van der Waals surface area (Å²) < 4.78 is 2.20. The van der Waals surface area contributed by atoms with Crippen molar-refractivity contribution in [3.63, 3.8) is 0 Å². The average molecular weight is 451 g/mol. The number of likely N-dealkylation sites (N-methyl/N-ethyl adjacent to an activating group) is 1. The predicted octanol–water partition coefficient (Wildman–Crippen LogP) is 3.12. The van der Waals surface area contributed by atoms with Crippen molar-refractivity contribution in [3.8, 4) is 0 Å². The van der Waals surface area contributed by atoms with Gasteiger partial charge in [0.25, 0.3) is 0 Å². The molecule has 2 unspecified atom stereocenters. The van der Waals surface area contributed by atoms with E-state index in [1.807, 2.05) is 13.0 Å². The van der Waals surface area contributed by atoms with Gasteiger partial charge in [0.05, 0.1) is 11.0 Å². The first kappa shape index (κ1) is 20.9. The minimum Gasteiger partial charge on any atom is -0.390 e. The van der Waals surface area contributed by atoms with E-state index in [2.05, 4.69) is 56.7 Å². The van der Waals surface area contributed by atoms with Crippen LogP contribution < -0.4 is 10.6 Å². The highest BCUT2D eigenvalue weighted by Crippen LogP contribution is 2.56. The summed E-state index contributed by atoms with van der Waals surface area (Å²) in [6, 6.07) is 4.38. The first-order valence-corrected chi connectivity index (χ1v) is 12.1. The van der Waals surface area contributed by atoms with Gasteiger partial charge in [-0.2, -0.15) is 15.1 Å². The van der Waals surface area contributed by atoms with Crippen LogP contribution in [0.3, 0.4) is 0 Å². The molecule has 0 aliphatic heterocycles. The fourth-order valence-electron chi connectivity index (χ4n) is 6.68. The van der Waals surface area contributed by atoms with Gasteiger partial charge in [-0.15, -0.1) is 0 Å². The number of fused-ring (bicyclic) bond motifs is 1. The molecule has 4 fully saturated rings. The van der Waals surface area contributed by atoms with Crippen LogP contribution in [0.15, 0.2) is 18.3 Å². The van der Waals surface area contributed by atoms with Crippen molar-refractivity contribution >= 4 is 28.6 Å². The molecular formula is C24H34N8O. The highest BCUT2D eigenvalue weighted by atomic mass is 16.3. The van der Waals surface area contributed by atoms with Crippen LogP contribution in [0.2, 0.25) is 0 Å². The molecular weight excluding hydrogens is 416 g/mol. The number of aromatic nitrogens is 5. The third-order valence-electron chi connectivity index (χ3n) is 7.90. The van der Waals surface area contributed by atoms with E-state index in [-0.39, 0.29) is 0 Å². The molecule has 0 saturated heterocycles. The molecule has 0 radical (unpaired) electrons. The van der Waals surface area contributed by atoms with Crippen molar-refractivity contribution in [3.05, 3.63) is 24.0 Å². The lowest BCUT2D eigenvalue weighted by Gasteiger charge is -2.58. The Hall–Kier alpha value is -2.65. The summed E-state index contributed by atoms with van der Waals surface area (Å²) in [5.41, 5.74) is 1.48. The van der Waals surface area contributed by atoms with Gasteiger partial charge in [-0.05, 0) is 76.9 Å². The summed E-state index contributed by atoms with van der Waals surface area (Å²) in [5.74, 6) is 3.83. The van der Waals surface area contributed by atoms with Gasteiger partial charge in [0.15, 0.2) is 5.82 Å². The third kappa shape index (κ3) is 3.87. The molecule has 3 aromatic heterocycles. The second-order valence-corrected chi connectivity index (χ2v) is 10.9. The summed E-state index contributed by atoms with van der Waals surface area (Å²) in [6.07, 6.45) is 7.29. The van der Waals surface area contributed by atoms with Crippen LogP contribution in [0.4, 0.5) is 17.6 Å². The van der Waals surface area contributed by atoms with Crippen LogP contribution in [0.1, 0.15) is 37.8 Å². The Bertz CT molecular complexity index is 1150. The Balaban J connectivity index is 1.34. The molecule has 4 aliphatic carbocycles. The van der Waals surface area contributed by atoms with E-state index in [0.717, 1.165) is 60.7 Å². The van der Waals surface area contributed by atoms with E-state index in [1.54, 1.807) is 0 Å².